The average molecular weight is 258 g/mol. The van der Waals surface area contributed by atoms with Gasteiger partial charge in [0.05, 0.1) is 12.2 Å². The van der Waals surface area contributed by atoms with Crippen LogP contribution in [0.4, 0.5) is 0 Å². The Kier molecular flexibility index (Phi) is 2.83. The molecule has 92 valence electrons. The zero-order chi connectivity index (χ0) is 12.4. The van der Waals surface area contributed by atoms with Gasteiger partial charge in [-0.15, -0.1) is 11.3 Å². The molecule has 0 radical (unpaired) electrons. The molecular weight excluding hydrogens is 244 g/mol. The molecule has 0 spiro atoms. The van der Waals surface area contributed by atoms with Crippen LogP contribution in [0.5, 0.6) is 0 Å². The number of amidine groups is 1. The molecule has 0 fully saturated rings. The summed E-state index contributed by atoms with van der Waals surface area (Å²) in [6.07, 6.45) is 3.65. The van der Waals surface area contributed by atoms with Gasteiger partial charge in [-0.25, -0.2) is 4.98 Å². The minimum atomic E-state index is -0.369. The zero-order valence-electron chi connectivity index (χ0n) is 10.1. The van der Waals surface area contributed by atoms with Crippen LogP contribution in [0.3, 0.4) is 0 Å². The third-order valence-electron chi connectivity index (χ3n) is 3.18. The first-order valence-electron chi connectivity index (χ1n) is 5.92. The molecule has 0 amide bonds. The number of nitrogens with zero attached hydrogens (tertiary/aromatic N) is 3. The van der Waals surface area contributed by atoms with Crippen LogP contribution in [-0.2, 0) is 5.41 Å². The zero-order valence-corrected chi connectivity index (χ0v) is 10.9. The maximum absolute atomic E-state index is 4.57. The quantitative estimate of drug-likeness (QED) is 0.914. The lowest BCUT2D eigenvalue weighted by Crippen LogP contribution is -2.41. The van der Waals surface area contributed by atoms with Crippen LogP contribution in [0.25, 0.3) is 0 Å². The summed E-state index contributed by atoms with van der Waals surface area (Å²) < 4.78 is 0. The van der Waals surface area contributed by atoms with Crippen molar-refractivity contribution >= 4 is 17.2 Å². The van der Waals surface area contributed by atoms with E-state index in [9.17, 15) is 0 Å². The first kappa shape index (κ1) is 11.3. The topological polar surface area (TPSA) is 50.2 Å². The molecule has 1 atom stereocenters. The summed E-state index contributed by atoms with van der Waals surface area (Å²) in [4.78, 5) is 13.5. The van der Waals surface area contributed by atoms with Gasteiger partial charge >= 0.3 is 0 Å². The molecule has 0 bridgehead atoms. The third-order valence-corrected chi connectivity index (χ3v) is 4.18. The smallest absolute Gasteiger partial charge is 0.118 e. The van der Waals surface area contributed by atoms with E-state index in [-0.39, 0.29) is 5.41 Å². The molecule has 1 unspecified atom stereocenters. The lowest BCUT2D eigenvalue weighted by atomic mass is 9.85. The van der Waals surface area contributed by atoms with Gasteiger partial charge in [-0.1, -0.05) is 6.07 Å². The highest BCUT2D eigenvalue weighted by Gasteiger charge is 2.39. The maximum Gasteiger partial charge on any atom is 0.118 e. The van der Waals surface area contributed by atoms with Crippen LogP contribution >= 0.6 is 11.3 Å². The molecule has 1 aliphatic rings. The minimum Gasteiger partial charge on any atom is -0.371 e. The standard InChI is InChI=1S/C13H14N4S/c1-13(11-15-6-7-16-11,12-17-8-9-18-12)10-4-2-3-5-14-10/h2-5,8-9H,6-7H2,1H3,(H,15,16). The van der Waals surface area contributed by atoms with Crippen LogP contribution in [0, 0.1) is 0 Å². The highest BCUT2D eigenvalue weighted by atomic mass is 32.1. The van der Waals surface area contributed by atoms with Crippen molar-refractivity contribution in [3.05, 3.63) is 46.7 Å². The number of aromatic nitrogens is 2. The summed E-state index contributed by atoms with van der Waals surface area (Å²) in [6.45, 7) is 3.84. The second-order valence-electron chi connectivity index (χ2n) is 4.33. The Morgan fingerprint density at radius 1 is 1.28 bits per heavy atom. The van der Waals surface area contributed by atoms with E-state index in [1.165, 1.54) is 0 Å². The number of hydrogen-bond acceptors (Lipinski definition) is 5. The Hall–Kier alpha value is -1.75. The van der Waals surface area contributed by atoms with Gasteiger partial charge in [-0.3, -0.25) is 9.98 Å². The van der Waals surface area contributed by atoms with E-state index in [1.807, 2.05) is 36.0 Å². The second-order valence-corrected chi connectivity index (χ2v) is 5.23. The summed E-state index contributed by atoms with van der Waals surface area (Å²) in [5, 5.41) is 6.38. The highest BCUT2D eigenvalue weighted by molar-refractivity contribution is 7.09. The number of aliphatic imine (C=N–C) groups is 1. The molecule has 0 aliphatic carbocycles. The van der Waals surface area contributed by atoms with E-state index in [0.717, 1.165) is 29.6 Å². The fourth-order valence-electron chi connectivity index (χ4n) is 2.19. The summed E-state index contributed by atoms with van der Waals surface area (Å²) in [5.74, 6) is 0.969. The summed E-state index contributed by atoms with van der Waals surface area (Å²) >= 11 is 1.64. The highest BCUT2D eigenvalue weighted by Crippen LogP contribution is 2.33. The van der Waals surface area contributed by atoms with Crippen molar-refractivity contribution in [3.8, 4) is 0 Å². The van der Waals surface area contributed by atoms with Crippen LogP contribution in [-0.4, -0.2) is 28.9 Å². The fourth-order valence-corrected chi connectivity index (χ4v) is 3.00. The van der Waals surface area contributed by atoms with Crippen molar-refractivity contribution in [2.45, 2.75) is 12.3 Å². The van der Waals surface area contributed by atoms with Crippen molar-refractivity contribution in [1.29, 1.82) is 0 Å². The molecule has 1 N–H and O–H groups in total. The fraction of sp³-hybridized carbons (Fsp3) is 0.308. The average Bonchev–Trinajstić information content (AvgIpc) is 3.12. The van der Waals surface area contributed by atoms with E-state index in [4.69, 9.17) is 0 Å². The lowest BCUT2D eigenvalue weighted by Gasteiger charge is -2.27. The molecule has 2 aromatic heterocycles. The van der Waals surface area contributed by atoms with Crippen LogP contribution in [0.1, 0.15) is 17.6 Å². The molecule has 3 heterocycles. The SMILES string of the molecule is CC(C1=NCCN1)(c1ccccn1)c1nccs1. The Morgan fingerprint density at radius 2 is 2.22 bits per heavy atom. The molecule has 1 aliphatic heterocycles. The molecule has 4 nitrogen and oxygen atoms in total. The first-order chi connectivity index (χ1) is 8.82. The van der Waals surface area contributed by atoms with Gasteiger partial charge in [0.1, 0.15) is 16.3 Å². The number of hydrogen-bond donors (Lipinski definition) is 1. The molecular formula is C13H14N4S. The van der Waals surface area contributed by atoms with Gasteiger partial charge < -0.3 is 5.32 Å². The second kappa shape index (κ2) is 4.49. The lowest BCUT2D eigenvalue weighted by molar-refractivity contribution is 0.708. The Labute approximate surface area is 110 Å². The minimum absolute atomic E-state index is 0.369. The molecule has 3 rings (SSSR count). The van der Waals surface area contributed by atoms with Crippen LogP contribution < -0.4 is 5.32 Å². The van der Waals surface area contributed by atoms with E-state index in [2.05, 4.69) is 27.2 Å². The van der Waals surface area contributed by atoms with Crippen LogP contribution in [0.2, 0.25) is 0 Å². The Morgan fingerprint density at radius 3 is 2.83 bits per heavy atom. The van der Waals surface area contributed by atoms with Gasteiger partial charge in [-0.05, 0) is 19.1 Å². The van der Waals surface area contributed by atoms with Gasteiger partial charge in [0.2, 0.25) is 0 Å². The number of nitrogens with one attached hydrogen (secondary N) is 1. The van der Waals surface area contributed by atoms with E-state index >= 15 is 0 Å². The molecule has 0 saturated heterocycles. The van der Waals surface area contributed by atoms with Gasteiger partial charge in [-0.2, -0.15) is 0 Å². The first-order valence-corrected chi connectivity index (χ1v) is 6.80. The predicted octanol–water partition coefficient (Wildman–Crippen LogP) is 1.85. The summed E-state index contributed by atoms with van der Waals surface area (Å²) in [7, 11) is 0. The van der Waals surface area contributed by atoms with Gasteiger partial charge in [0.25, 0.3) is 0 Å². The van der Waals surface area contributed by atoms with Crippen molar-refractivity contribution in [1.82, 2.24) is 15.3 Å². The number of rotatable bonds is 3. The predicted molar refractivity (Wildman–Crippen MR) is 73.1 cm³/mol. The summed E-state index contributed by atoms with van der Waals surface area (Å²) in [5.41, 5.74) is 0.611. The van der Waals surface area contributed by atoms with Crippen LogP contribution in [0.15, 0.2) is 41.0 Å². The van der Waals surface area contributed by atoms with Crippen molar-refractivity contribution < 1.29 is 0 Å². The third kappa shape index (κ3) is 1.71. The molecule has 2 aromatic rings. The molecule has 0 saturated carbocycles. The maximum atomic E-state index is 4.57. The monoisotopic (exact) mass is 258 g/mol. The van der Waals surface area contributed by atoms with E-state index in [0.29, 0.717) is 0 Å². The summed E-state index contributed by atoms with van der Waals surface area (Å²) in [6, 6.07) is 5.96. The van der Waals surface area contributed by atoms with Crippen molar-refractivity contribution in [3.63, 3.8) is 0 Å². The molecule has 0 aromatic carbocycles. The van der Waals surface area contributed by atoms with Crippen molar-refractivity contribution in [2.75, 3.05) is 13.1 Å². The van der Waals surface area contributed by atoms with E-state index in [1.54, 1.807) is 11.3 Å². The number of pyridine rings is 1. The molecule has 5 heteroatoms. The largest absolute Gasteiger partial charge is 0.371 e. The number of thiazole rings is 1. The van der Waals surface area contributed by atoms with Gasteiger partial charge in [0.15, 0.2) is 0 Å². The van der Waals surface area contributed by atoms with E-state index < -0.39 is 0 Å². The molecule has 18 heavy (non-hydrogen) atoms. The van der Waals surface area contributed by atoms with Crippen molar-refractivity contribution in [2.24, 2.45) is 4.99 Å². The van der Waals surface area contributed by atoms with Gasteiger partial charge in [0, 0.05) is 24.3 Å². The normalized spacial score (nSPS) is 17.9. The Balaban J connectivity index is 2.15. The Bertz CT molecular complexity index is 550.